The number of ether oxygens (including phenoxy) is 1. The molecule has 21 heavy (non-hydrogen) atoms. The van der Waals surface area contributed by atoms with Gasteiger partial charge in [0.25, 0.3) is 0 Å². The van der Waals surface area contributed by atoms with Gasteiger partial charge in [0.05, 0.1) is 24.8 Å². The van der Waals surface area contributed by atoms with Crippen molar-refractivity contribution in [3.8, 4) is 0 Å². The van der Waals surface area contributed by atoms with Crippen LogP contribution in [-0.4, -0.2) is 43.7 Å². The summed E-state index contributed by atoms with van der Waals surface area (Å²) < 4.78 is 5.02. The lowest BCUT2D eigenvalue weighted by Gasteiger charge is -2.43. The number of rotatable bonds is 2. The van der Waals surface area contributed by atoms with Crippen molar-refractivity contribution in [2.45, 2.75) is 31.3 Å². The topological polar surface area (TPSA) is 58.8 Å². The highest BCUT2D eigenvalue weighted by atomic mass is 16.5. The molecule has 0 amide bonds. The predicted octanol–water partition coefficient (Wildman–Crippen LogP) is 1.17. The summed E-state index contributed by atoms with van der Waals surface area (Å²) >= 11 is 0. The van der Waals surface area contributed by atoms with Gasteiger partial charge in [-0.3, -0.25) is 4.79 Å². The number of esters is 1. The van der Waals surface area contributed by atoms with Gasteiger partial charge in [-0.15, -0.1) is 0 Å². The summed E-state index contributed by atoms with van der Waals surface area (Å²) in [6, 6.07) is 8.43. The van der Waals surface area contributed by atoms with E-state index in [0.717, 1.165) is 31.5 Å². The van der Waals surface area contributed by atoms with E-state index >= 15 is 0 Å². The van der Waals surface area contributed by atoms with Crippen molar-refractivity contribution < 1.29 is 9.53 Å². The zero-order chi connectivity index (χ0) is 15.0. The molecule has 2 aliphatic heterocycles. The number of fused-ring (bicyclic) bond motifs is 1. The highest BCUT2D eigenvalue weighted by Gasteiger charge is 2.44. The first-order valence-corrected chi connectivity index (χ1v) is 7.53. The summed E-state index contributed by atoms with van der Waals surface area (Å²) in [5.41, 5.74) is 2.33. The second-order valence-corrected chi connectivity index (χ2v) is 6.05. The molecule has 1 fully saturated rings. The van der Waals surface area contributed by atoms with Crippen LogP contribution < -0.4 is 10.9 Å². The molecule has 2 heterocycles. The number of carbonyl (C=O) groups excluding carboxylic acids is 1. The smallest absolute Gasteiger partial charge is 0.310 e. The number of nitrogens with zero attached hydrogens (tertiary/aromatic N) is 2. The number of nitrogens with two attached hydrogens (primary N) is 1. The Labute approximate surface area is 125 Å². The predicted molar refractivity (Wildman–Crippen MR) is 81.8 cm³/mol. The van der Waals surface area contributed by atoms with E-state index in [9.17, 15) is 4.79 Å². The van der Waals surface area contributed by atoms with E-state index in [1.54, 1.807) is 0 Å². The number of hydrogen-bond acceptors (Lipinski definition) is 5. The first kappa shape index (κ1) is 14.4. The number of anilines is 1. The third-order valence-electron chi connectivity index (χ3n) is 4.90. The summed E-state index contributed by atoms with van der Waals surface area (Å²) in [6.45, 7) is 0.999. The van der Waals surface area contributed by atoms with Crippen LogP contribution in [0.2, 0.25) is 0 Å². The SMILES string of the molecule is COC(=O)C1CCCN(C)C1C1Cc2ccccc2N1N. The molecule has 0 spiro atoms. The highest BCUT2D eigenvalue weighted by Crippen LogP contribution is 2.36. The first-order chi connectivity index (χ1) is 10.1. The fourth-order valence-corrected chi connectivity index (χ4v) is 3.88. The molecule has 3 unspecified atom stereocenters. The highest BCUT2D eigenvalue weighted by molar-refractivity contribution is 5.74. The van der Waals surface area contributed by atoms with Crippen molar-refractivity contribution in [1.29, 1.82) is 0 Å². The number of methoxy groups -OCH3 is 1. The first-order valence-electron chi connectivity index (χ1n) is 7.53. The van der Waals surface area contributed by atoms with Crippen LogP contribution in [0.1, 0.15) is 18.4 Å². The van der Waals surface area contributed by atoms with Gasteiger partial charge in [-0.2, -0.15) is 0 Å². The van der Waals surface area contributed by atoms with Crippen molar-refractivity contribution in [3.63, 3.8) is 0 Å². The van der Waals surface area contributed by atoms with Crippen molar-refractivity contribution in [1.82, 2.24) is 4.90 Å². The number of likely N-dealkylation sites (tertiary alicyclic amines) is 1. The number of carbonyl (C=O) groups is 1. The number of hydrogen-bond donors (Lipinski definition) is 1. The molecule has 3 rings (SSSR count). The van der Waals surface area contributed by atoms with Crippen LogP contribution in [-0.2, 0) is 16.0 Å². The molecule has 0 aromatic heterocycles. The number of likely N-dealkylation sites (N-methyl/N-ethyl adjacent to an activating group) is 1. The maximum atomic E-state index is 12.2. The van der Waals surface area contributed by atoms with Crippen molar-refractivity contribution in [2.24, 2.45) is 11.8 Å². The minimum atomic E-state index is -0.115. The third kappa shape index (κ3) is 2.40. The van der Waals surface area contributed by atoms with Crippen molar-refractivity contribution in [3.05, 3.63) is 29.8 Å². The van der Waals surface area contributed by atoms with Gasteiger partial charge < -0.3 is 14.6 Å². The van der Waals surface area contributed by atoms with Crippen LogP contribution >= 0.6 is 0 Å². The summed E-state index contributed by atoms with van der Waals surface area (Å²) in [5, 5.41) is 1.84. The molecule has 5 nitrogen and oxygen atoms in total. The van der Waals surface area contributed by atoms with E-state index in [1.807, 2.05) is 23.2 Å². The summed E-state index contributed by atoms with van der Waals surface area (Å²) in [6.07, 6.45) is 2.79. The molecule has 2 N–H and O–H groups in total. The minimum Gasteiger partial charge on any atom is -0.469 e. The maximum Gasteiger partial charge on any atom is 0.310 e. The van der Waals surface area contributed by atoms with Gasteiger partial charge in [-0.25, -0.2) is 5.84 Å². The van der Waals surface area contributed by atoms with E-state index in [0.29, 0.717) is 0 Å². The summed E-state index contributed by atoms with van der Waals surface area (Å²) in [4.78, 5) is 14.4. The van der Waals surface area contributed by atoms with E-state index in [-0.39, 0.29) is 24.0 Å². The van der Waals surface area contributed by atoms with Crippen LogP contribution in [0.15, 0.2) is 24.3 Å². The number of hydrazine groups is 1. The normalized spacial score (nSPS) is 29.3. The lowest BCUT2D eigenvalue weighted by atomic mass is 9.83. The zero-order valence-corrected chi connectivity index (χ0v) is 12.7. The number of benzene rings is 1. The quantitative estimate of drug-likeness (QED) is 0.654. The molecule has 0 bridgehead atoms. The zero-order valence-electron chi connectivity index (χ0n) is 12.7. The van der Waals surface area contributed by atoms with Gasteiger partial charge >= 0.3 is 5.97 Å². The standard InChI is InChI=1S/C16H23N3O2/c1-18-9-5-7-12(16(20)21-2)15(18)14-10-11-6-3-4-8-13(11)19(14)17/h3-4,6,8,12,14-15H,5,7,9-10,17H2,1-2H3. The maximum absolute atomic E-state index is 12.2. The van der Waals surface area contributed by atoms with Gasteiger partial charge in [0.15, 0.2) is 0 Å². The van der Waals surface area contributed by atoms with Gasteiger partial charge in [0.2, 0.25) is 0 Å². The molecule has 0 saturated carbocycles. The minimum absolute atomic E-state index is 0.0980. The molecule has 1 aromatic rings. The molecule has 1 aromatic carbocycles. The van der Waals surface area contributed by atoms with Crippen LogP contribution in [0.4, 0.5) is 5.69 Å². The second-order valence-electron chi connectivity index (χ2n) is 6.05. The molecule has 5 heteroatoms. The Balaban J connectivity index is 1.89. The fourth-order valence-electron chi connectivity index (χ4n) is 3.88. The van der Waals surface area contributed by atoms with Crippen molar-refractivity contribution >= 4 is 11.7 Å². The van der Waals surface area contributed by atoms with E-state index in [2.05, 4.69) is 18.0 Å². The van der Waals surface area contributed by atoms with Gasteiger partial charge in [0, 0.05) is 6.04 Å². The molecule has 2 aliphatic rings. The Morgan fingerprint density at radius 1 is 1.38 bits per heavy atom. The molecular weight excluding hydrogens is 266 g/mol. The Bertz CT molecular complexity index is 534. The second kappa shape index (κ2) is 5.66. The Morgan fingerprint density at radius 3 is 2.86 bits per heavy atom. The molecule has 3 atom stereocenters. The van der Waals surface area contributed by atoms with Crippen molar-refractivity contribution in [2.75, 3.05) is 25.7 Å². The molecule has 114 valence electrons. The number of para-hydroxylation sites is 1. The lowest BCUT2D eigenvalue weighted by molar-refractivity contribution is -0.150. The number of piperidine rings is 1. The van der Waals surface area contributed by atoms with E-state index < -0.39 is 0 Å². The Kier molecular flexibility index (Phi) is 3.87. The van der Waals surface area contributed by atoms with Gasteiger partial charge in [-0.1, -0.05) is 18.2 Å². The van der Waals surface area contributed by atoms with Crippen LogP contribution in [0.5, 0.6) is 0 Å². The average molecular weight is 289 g/mol. The lowest BCUT2D eigenvalue weighted by Crippen LogP contribution is -2.59. The molecule has 0 aliphatic carbocycles. The van der Waals surface area contributed by atoms with Crippen LogP contribution in [0.3, 0.4) is 0 Å². The van der Waals surface area contributed by atoms with E-state index in [1.165, 1.54) is 12.7 Å². The summed E-state index contributed by atoms with van der Waals surface area (Å²) in [5.74, 6) is 6.13. The van der Waals surface area contributed by atoms with Crippen LogP contribution in [0, 0.1) is 5.92 Å². The largest absolute Gasteiger partial charge is 0.469 e. The molecular formula is C16H23N3O2. The monoisotopic (exact) mass is 289 g/mol. The van der Waals surface area contributed by atoms with E-state index in [4.69, 9.17) is 10.6 Å². The molecule has 0 radical (unpaired) electrons. The Hall–Kier alpha value is -1.59. The summed E-state index contributed by atoms with van der Waals surface area (Å²) in [7, 11) is 3.55. The third-order valence-corrected chi connectivity index (χ3v) is 4.90. The average Bonchev–Trinajstić information content (AvgIpc) is 2.83. The van der Waals surface area contributed by atoms with Crippen LogP contribution in [0.25, 0.3) is 0 Å². The Morgan fingerprint density at radius 2 is 2.14 bits per heavy atom. The molecule has 1 saturated heterocycles. The van der Waals surface area contributed by atoms with Gasteiger partial charge in [-0.05, 0) is 44.5 Å². The van der Waals surface area contributed by atoms with Gasteiger partial charge in [0.1, 0.15) is 0 Å². The fraction of sp³-hybridized carbons (Fsp3) is 0.562.